The molecule has 3 rings (SSSR count). The fourth-order valence-corrected chi connectivity index (χ4v) is 3.61. The summed E-state index contributed by atoms with van der Waals surface area (Å²) < 4.78 is 34.9. The van der Waals surface area contributed by atoms with Gasteiger partial charge in [0.05, 0.1) is 39.6 Å². The van der Waals surface area contributed by atoms with Gasteiger partial charge in [0.1, 0.15) is 5.82 Å². The lowest BCUT2D eigenvalue weighted by atomic mass is 10.2. The molecule has 0 spiro atoms. The van der Waals surface area contributed by atoms with Crippen molar-refractivity contribution in [1.29, 1.82) is 5.26 Å². The summed E-state index contributed by atoms with van der Waals surface area (Å²) >= 11 is 1.06. The normalized spacial score (nSPS) is 10.4. The van der Waals surface area contributed by atoms with Gasteiger partial charge in [0.2, 0.25) is 17.5 Å². The number of aromatic nitrogens is 2. The van der Waals surface area contributed by atoms with Gasteiger partial charge in [0.25, 0.3) is 5.22 Å². The Morgan fingerprint density at radius 1 is 1.12 bits per heavy atom. The van der Waals surface area contributed by atoms with Crippen LogP contribution in [0.25, 0.3) is 11.5 Å². The number of methoxy groups -OCH3 is 3. The van der Waals surface area contributed by atoms with Crippen LogP contribution in [-0.4, -0.2) is 49.7 Å². The van der Waals surface area contributed by atoms with Gasteiger partial charge in [-0.25, -0.2) is 4.39 Å². The van der Waals surface area contributed by atoms with Crippen molar-refractivity contribution in [2.75, 3.05) is 38.5 Å². The molecule has 33 heavy (non-hydrogen) atoms. The lowest BCUT2D eigenvalue weighted by molar-refractivity contribution is -0.116. The molecule has 172 valence electrons. The molecule has 0 radical (unpaired) electrons. The summed E-state index contributed by atoms with van der Waals surface area (Å²) in [4.78, 5) is 14.2. The van der Waals surface area contributed by atoms with E-state index in [-0.39, 0.29) is 35.7 Å². The number of hydrogen-bond donors (Lipinski definition) is 0. The molecule has 0 bridgehead atoms. The maximum Gasteiger partial charge on any atom is 0.277 e. The molecule has 1 heterocycles. The monoisotopic (exact) mass is 472 g/mol. The summed E-state index contributed by atoms with van der Waals surface area (Å²) in [7, 11) is 4.51. The van der Waals surface area contributed by atoms with Gasteiger partial charge in [-0.2, -0.15) is 5.26 Å². The van der Waals surface area contributed by atoms with E-state index in [1.54, 1.807) is 12.1 Å². The average molecular weight is 472 g/mol. The summed E-state index contributed by atoms with van der Waals surface area (Å²) in [5, 5.41) is 17.1. The van der Waals surface area contributed by atoms with Crippen molar-refractivity contribution < 1.29 is 27.8 Å². The zero-order valence-corrected chi connectivity index (χ0v) is 19.0. The number of benzene rings is 2. The summed E-state index contributed by atoms with van der Waals surface area (Å²) in [5.41, 5.74) is 1.05. The fourth-order valence-electron chi connectivity index (χ4n) is 2.97. The second-order valence-electron chi connectivity index (χ2n) is 6.51. The lowest BCUT2D eigenvalue weighted by Gasteiger charge is -2.21. The van der Waals surface area contributed by atoms with Gasteiger partial charge in [-0.1, -0.05) is 11.8 Å². The van der Waals surface area contributed by atoms with Crippen molar-refractivity contribution in [3.8, 4) is 34.8 Å². The molecule has 0 atom stereocenters. The number of hydrogen-bond acceptors (Lipinski definition) is 9. The van der Waals surface area contributed by atoms with E-state index in [9.17, 15) is 9.18 Å². The molecule has 0 aliphatic rings. The number of carbonyl (C=O) groups excluding carboxylic acids is 1. The van der Waals surface area contributed by atoms with Crippen molar-refractivity contribution >= 4 is 23.4 Å². The van der Waals surface area contributed by atoms with E-state index in [4.69, 9.17) is 23.9 Å². The summed E-state index contributed by atoms with van der Waals surface area (Å²) in [6.07, 6.45) is 0.139. The van der Waals surface area contributed by atoms with Crippen LogP contribution in [0.3, 0.4) is 0 Å². The molecule has 0 unspecified atom stereocenters. The van der Waals surface area contributed by atoms with E-state index in [0.29, 0.717) is 28.5 Å². The summed E-state index contributed by atoms with van der Waals surface area (Å²) in [6.45, 7) is 0.183. The average Bonchev–Trinajstić information content (AvgIpc) is 3.32. The van der Waals surface area contributed by atoms with Crippen LogP contribution >= 0.6 is 11.8 Å². The highest BCUT2D eigenvalue weighted by Crippen LogP contribution is 2.41. The molecule has 0 saturated heterocycles. The second-order valence-corrected chi connectivity index (χ2v) is 7.43. The van der Waals surface area contributed by atoms with Crippen LogP contribution in [0, 0.1) is 17.1 Å². The van der Waals surface area contributed by atoms with E-state index in [2.05, 4.69) is 10.2 Å². The molecule has 0 fully saturated rings. The second kappa shape index (κ2) is 11.2. The van der Waals surface area contributed by atoms with Crippen LogP contribution in [0.2, 0.25) is 0 Å². The van der Waals surface area contributed by atoms with Gasteiger partial charge >= 0.3 is 0 Å². The van der Waals surface area contributed by atoms with Crippen LogP contribution in [0.1, 0.15) is 6.42 Å². The highest BCUT2D eigenvalue weighted by molar-refractivity contribution is 7.99. The number of nitriles is 1. The number of nitrogens with zero attached hydrogens (tertiary/aromatic N) is 4. The highest BCUT2D eigenvalue weighted by Gasteiger charge is 2.20. The van der Waals surface area contributed by atoms with E-state index < -0.39 is 5.82 Å². The minimum absolute atomic E-state index is 0.0142. The van der Waals surface area contributed by atoms with Gasteiger partial charge in [0.15, 0.2) is 11.5 Å². The van der Waals surface area contributed by atoms with Crippen LogP contribution in [-0.2, 0) is 4.79 Å². The molecule has 11 heteroatoms. The van der Waals surface area contributed by atoms with Crippen LogP contribution < -0.4 is 19.1 Å². The Labute approximate surface area is 194 Å². The SMILES string of the molecule is COc1cc(-c2nnc(SCC(=O)N(CCC#N)c3ccc(F)cc3)o2)cc(OC)c1OC. The minimum atomic E-state index is -0.411. The van der Waals surface area contributed by atoms with Crippen LogP contribution in [0.4, 0.5) is 10.1 Å². The maximum absolute atomic E-state index is 13.2. The van der Waals surface area contributed by atoms with E-state index in [0.717, 1.165) is 11.8 Å². The van der Waals surface area contributed by atoms with E-state index in [1.165, 1.54) is 50.5 Å². The zero-order chi connectivity index (χ0) is 23.8. The highest BCUT2D eigenvalue weighted by atomic mass is 32.2. The van der Waals surface area contributed by atoms with E-state index in [1.807, 2.05) is 6.07 Å². The van der Waals surface area contributed by atoms with Crippen LogP contribution in [0.15, 0.2) is 46.0 Å². The number of anilines is 1. The van der Waals surface area contributed by atoms with Crippen molar-refractivity contribution in [2.24, 2.45) is 0 Å². The van der Waals surface area contributed by atoms with Gasteiger partial charge < -0.3 is 23.5 Å². The molecule has 1 amide bonds. The van der Waals surface area contributed by atoms with E-state index >= 15 is 0 Å². The number of ether oxygens (including phenoxy) is 3. The van der Waals surface area contributed by atoms with Gasteiger partial charge in [-0.3, -0.25) is 4.79 Å². The molecule has 0 aliphatic heterocycles. The molecular weight excluding hydrogens is 451 g/mol. The van der Waals surface area contributed by atoms with Crippen molar-refractivity contribution in [3.05, 3.63) is 42.2 Å². The molecule has 0 saturated carbocycles. The largest absolute Gasteiger partial charge is 0.493 e. The molecule has 3 aromatic rings. The Kier molecular flexibility index (Phi) is 8.10. The van der Waals surface area contributed by atoms with Crippen molar-refractivity contribution in [3.63, 3.8) is 0 Å². The predicted molar refractivity (Wildman–Crippen MR) is 119 cm³/mol. The van der Waals surface area contributed by atoms with Gasteiger partial charge in [-0.05, 0) is 36.4 Å². The zero-order valence-electron chi connectivity index (χ0n) is 18.2. The fraction of sp³-hybridized carbons (Fsp3) is 0.273. The molecule has 1 aromatic heterocycles. The number of amides is 1. The Balaban J connectivity index is 1.74. The van der Waals surface area contributed by atoms with Crippen molar-refractivity contribution in [1.82, 2.24) is 10.2 Å². The number of thioether (sulfide) groups is 1. The summed E-state index contributed by atoms with van der Waals surface area (Å²) in [5.74, 6) is 0.801. The van der Waals surface area contributed by atoms with Crippen LogP contribution in [0.5, 0.6) is 17.2 Å². The molecular formula is C22H21FN4O5S. The minimum Gasteiger partial charge on any atom is -0.493 e. The number of halogens is 1. The first-order valence-corrected chi connectivity index (χ1v) is 10.7. The molecule has 0 aliphatic carbocycles. The first kappa shape index (κ1) is 23.9. The quantitative estimate of drug-likeness (QED) is 0.405. The first-order valence-electron chi connectivity index (χ1n) is 9.70. The maximum atomic E-state index is 13.2. The number of rotatable bonds is 10. The standard InChI is InChI=1S/C22H21FN4O5S/c1-29-17-11-14(12-18(30-2)20(17)31-3)21-25-26-22(32-21)33-13-19(28)27(10-4-9-24)16-7-5-15(23)6-8-16/h5-8,11-12H,4,10,13H2,1-3H3. The van der Waals surface area contributed by atoms with Crippen molar-refractivity contribution in [2.45, 2.75) is 11.6 Å². The third kappa shape index (κ3) is 5.72. The third-order valence-corrected chi connectivity index (χ3v) is 5.33. The van der Waals surface area contributed by atoms with Gasteiger partial charge in [0, 0.05) is 17.8 Å². The van der Waals surface area contributed by atoms with Gasteiger partial charge in [-0.15, -0.1) is 10.2 Å². The predicted octanol–water partition coefficient (Wildman–Crippen LogP) is 3.94. The Morgan fingerprint density at radius 2 is 1.79 bits per heavy atom. The molecule has 2 aromatic carbocycles. The Hall–Kier alpha value is -3.78. The third-order valence-electron chi connectivity index (χ3n) is 4.52. The topological polar surface area (TPSA) is 111 Å². The number of carbonyl (C=O) groups is 1. The Morgan fingerprint density at radius 3 is 2.36 bits per heavy atom. The molecule has 9 nitrogen and oxygen atoms in total. The first-order chi connectivity index (χ1) is 16.0. The summed E-state index contributed by atoms with van der Waals surface area (Å²) in [6, 6.07) is 10.9. The molecule has 0 N–H and O–H groups in total. The lowest BCUT2D eigenvalue weighted by Crippen LogP contribution is -2.33. The smallest absolute Gasteiger partial charge is 0.277 e. The Bertz CT molecular complexity index is 1120.